The van der Waals surface area contributed by atoms with Gasteiger partial charge in [0.05, 0.1) is 0 Å². The summed E-state index contributed by atoms with van der Waals surface area (Å²) >= 11 is 5.96. The molecule has 3 aromatic carbocycles. The first kappa shape index (κ1) is 16.0. The van der Waals surface area contributed by atoms with Gasteiger partial charge in [-0.2, -0.15) is 0 Å². The van der Waals surface area contributed by atoms with Crippen molar-refractivity contribution >= 4 is 34.0 Å². The Morgan fingerprint density at radius 1 is 1.08 bits per heavy atom. The first-order valence-corrected chi connectivity index (χ1v) is 8.76. The highest BCUT2D eigenvalue weighted by Crippen LogP contribution is 2.35. The quantitative estimate of drug-likeness (QED) is 0.718. The number of carbonyl (C=O) groups excluding carboxylic acids is 1. The van der Waals surface area contributed by atoms with Gasteiger partial charge in [0, 0.05) is 16.1 Å². The first-order valence-electron chi connectivity index (χ1n) is 8.38. The maximum absolute atomic E-state index is 12.6. The Labute approximate surface area is 151 Å². The molecule has 4 heteroatoms. The molecule has 1 aliphatic rings. The van der Waals surface area contributed by atoms with Gasteiger partial charge in [-0.25, -0.2) is 0 Å². The number of anilines is 1. The van der Waals surface area contributed by atoms with Gasteiger partial charge in [-0.3, -0.25) is 4.79 Å². The number of benzene rings is 3. The Balaban J connectivity index is 1.56. The number of hydrogen-bond acceptors (Lipinski definition) is 2. The summed E-state index contributed by atoms with van der Waals surface area (Å²) in [7, 11) is 0. The zero-order valence-electron chi connectivity index (χ0n) is 13.9. The molecular formula is C21H18ClNO2. The number of hydrogen-bond donors (Lipinski definition) is 1. The molecule has 4 rings (SSSR count). The van der Waals surface area contributed by atoms with Crippen LogP contribution in [0.4, 0.5) is 5.69 Å². The maximum Gasteiger partial charge on any atom is 0.265 e. The van der Waals surface area contributed by atoms with E-state index in [-0.39, 0.29) is 5.91 Å². The highest BCUT2D eigenvalue weighted by molar-refractivity contribution is 6.30. The van der Waals surface area contributed by atoms with Crippen molar-refractivity contribution < 1.29 is 9.53 Å². The average molecular weight is 352 g/mol. The Bertz CT molecular complexity index is 957. The van der Waals surface area contributed by atoms with E-state index in [1.807, 2.05) is 12.1 Å². The largest absolute Gasteiger partial charge is 0.481 e. The first-order chi connectivity index (χ1) is 12.1. The van der Waals surface area contributed by atoms with Gasteiger partial charge in [0.2, 0.25) is 0 Å². The van der Waals surface area contributed by atoms with Gasteiger partial charge in [-0.1, -0.05) is 41.9 Å². The summed E-state index contributed by atoms with van der Waals surface area (Å²) in [5, 5.41) is 5.96. The standard InChI is InChI=1S/C21H18ClNO2/c1-13(25-17-6-3-5-16(22)12-17)21(24)23-19-11-10-15-9-8-14-4-2-7-18(19)20(14)15/h2-7,10-13H,8-9H2,1H3,(H,23,24)/t13-/m0/s1. The second kappa shape index (κ2) is 6.41. The van der Waals surface area contributed by atoms with Crippen LogP contribution in [0.15, 0.2) is 54.6 Å². The molecule has 0 aliphatic heterocycles. The molecule has 0 spiro atoms. The fourth-order valence-corrected chi connectivity index (χ4v) is 3.57. The van der Waals surface area contributed by atoms with Gasteiger partial charge in [0.1, 0.15) is 5.75 Å². The molecule has 1 N–H and O–H groups in total. The van der Waals surface area contributed by atoms with Crippen LogP contribution in [0.1, 0.15) is 18.1 Å². The highest BCUT2D eigenvalue weighted by atomic mass is 35.5. The summed E-state index contributed by atoms with van der Waals surface area (Å²) in [6.45, 7) is 1.73. The van der Waals surface area contributed by atoms with Gasteiger partial charge in [0.25, 0.3) is 5.91 Å². The van der Waals surface area contributed by atoms with Gasteiger partial charge in [-0.15, -0.1) is 0 Å². The van der Waals surface area contributed by atoms with Crippen LogP contribution in [0.2, 0.25) is 5.02 Å². The van der Waals surface area contributed by atoms with Crippen LogP contribution in [0.5, 0.6) is 5.75 Å². The number of halogens is 1. The maximum atomic E-state index is 12.6. The van der Waals surface area contributed by atoms with Crippen molar-refractivity contribution in [2.24, 2.45) is 0 Å². The minimum Gasteiger partial charge on any atom is -0.481 e. The van der Waals surface area contributed by atoms with E-state index >= 15 is 0 Å². The molecule has 1 atom stereocenters. The summed E-state index contributed by atoms with van der Waals surface area (Å²) in [4.78, 5) is 12.6. The van der Waals surface area contributed by atoms with E-state index in [9.17, 15) is 4.79 Å². The fourth-order valence-electron chi connectivity index (χ4n) is 3.39. The number of rotatable bonds is 4. The lowest BCUT2D eigenvalue weighted by Crippen LogP contribution is -2.30. The van der Waals surface area contributed by atoms with Crippen LogP contribution in [0.3, 0.4) is 0 Å². The Hall–Kier alpha value is -2.52. The van der Waals surface area contributed by atoms with Crippen LogP contribution >= 0.6 is 11.6 Å². The highest BCUT2D eigenvalue weighted by Gasteiger charge is 2.19. The van der Waals surface area contributed by atoms with E-state index in [4.69, 9.17) is 16.3 Å². The third-order valence-corrected chi connectivity index (χ3v) is 4.85. The molecule has 25 heavy (non-hydrogen) atoms. The number of aryl methyl sites for hydroxylation is 2. The van der Waals surface area contributed by atoms with Crippen LogP contribution in [-0.4, -0.2) is 12.0 Å². The van der Waals surface area contributed by atoms with Gasteiger partial charge >= 0.3 is 0 Å². The number of nitrogens with one attached hydrogen (secondary N) is 1. The van der Waals surface area contributed by atoms with Crippen molar-refractivity contribution in [3.05, 3.63) is 70.7 Å². The van der Waals surface area contributed by atoms with Crippen molar-refractivity contribution in [1.29, 1.82) is 0 Å². The lowest BCUT2D eigenvalue weighted by Gasteiger charge is -2.16. The van der Waals surface area contributed by atoms with Crippen molar-refractivity contribution in [2.75, 3.05) is 5.32 Å². The summed E-state index contributed by atoms with van der Waals surface area (Å²) in [5.41, 5.74) is 3.53. The normalized spacial score (nSPS) is 13.7. The van der Waals surface area contributed by atoms with Crippen LogP contribution < -0.4 is 10.1 Å². The van der Waals surface area contributed by atoms with Crippen molar-refractivity contribution in [3.8, 4) is 5.75 Å². The molecule has 0 saturated carbocycles. The summed E-state index contributed by atoms with van der Waals surface area (Å²) in [6, 6.07) is 17.4. The molecule has 0 fully saturated rings. The SMILES string of the molecule is C[C@H](Oc1cccc(Cl)c1)C(=O)Nc1ccc2c3c(cccc13)CC2. The number of ether oxygens (including phenoxy) is 1. The molecule has 3 nitrogen and oxygen atoms in total. The zero-order chi connectivity index (χ0) is 17.4. The summed E-state index contributed by atoms with van der Waals surface area (Å²) in [5.74, 6) is 0.397. The van der Waals surface area contributed by atoms with Gasteiger partial charge < -0.3 is 10.1 Å². The molecule has 0 saturated heterocycles. The van der Waals surface area contributed by atoms with Crippen molar-refractivity contribution in [3.63, 3.8) is 0 Å². The minimum absolute atomic E-state index is 0.182. The third-order valence-electron chi connectivity index (χ3n) is 4.61. The second-order valence-corrected chi connectivity index (χ2v) is 6.76. The zero-order valence-corrected chi connectivity index (χ0v) is 14.6. The van der Waals surface area contributed by atoms with E-state index in [1.54, 1.807) is 31.2 Å². The predicted molar refractivity (Wildman–Crippen MR) is 102 cm³/mol. The van der Waals surface area contributed by atoms with Crippen LogP contribution in [-0.2, 0) is 17.6 Å². The molecule has 126 valence electrons. The van der Waals surface area contributed by atoms with Gasteiger partial charge in [0.15, 0.2) is 6.10 Å². The molecular weight excluding hydrogens is 334 g/mol. The predicted octanol–water partition coefficient (Wildman–Crippen LogP) is 5.00. The fraction of sp³-hybridized carbons (Fsp3) is 0.190. The molecule has 0 aromatic heterocycles. The molecule has 0 radical (unpaired) electrons. The smallest absolute Gasteiger partial charge is 0.265 e. The average Bonchev–Trinajstić information content (AvgIpc) is 3.02. The van der Waals surface area contributed by atoms with E-state index in [2.05, 4.69) is 23.5 Å². The molecule has 1 aliphatic carbocycles. The molecule has 3 aromatic rings. The Morgan fingerprint density at radius 2 is 1.84 bits per heavy atom. The van der Waals surface area contributed by atoms with E-state index in [0.29, 0.717) is 10.8 Å². The summed E-state index contributed by atoms with van der Waals surface area (Å²) < 4.78 is 5.70. The van der Waals surface area contributed by atoms with Crippen LogP contribution in [0.25, 0.3) is 10.8 Å². The number of amides is 1. The van der Waals surface area contributed by atoms with Crippen molar-refractivity contribution in [2.45, 2.75) is 25.9 Å². The monoisotopic (exact) mass is 351 g/mol. The topological polar surface area (TPSA) is 38.3 Å². The van der Waals surface area contributed by atoms with Crippen LogP contribution in [0, 0.1) is 0 Å². The second-order valence-electron chi connectivity index (χ2n) is 6.32. The molecule has 0 bridgehead atoms. The Morgan fingerprint density at radius 3 is 2.64 bits per heavy atom. The lowest BCUT2D eigenvalue weighted by atomic mass is 10.0. The van der Waals surface area contributed by atoms with E-state index in [1.165, 1.54) is 16.5 Å². The van der Waals surface area contributed by atoms with E-state index in [0.717, 1.165) is 23.9 Å². The number of carbonyl (C=O) groups is 1. The van der Waals surface area contributed by atoms with E-state index < -0.39 is 6.10 Å². The minimum atomic E-state index is -0.624. The molecule has 0 unspecified atom stereocenters. The summed E-state index contributed by atoms with van der Waals surface area (Å²) in [6.07, 6.45) is 1.51. The third kappa shape index (κ3) is 3.08. The Kier molecular flexibility index (Phi) is 4.10. The van der Waals surface area contributed by atoms with Crippen molar-refractivity contribution in [1.82, 2.24) is 0 Å². The molecule has 0 heterocycles. The lowest BCUT2D eigenvalue weighted by molar-refractivity contribution is -0.122. The molecule has 1 amide bonds. The van der Waals surface area contributed by atoms with Gasteiger partial charge in [-0.05, 0) is 60.5 Å².